The van der Waals surface area contributed by atoms with Crippen molar-refractivity contribution in [3.8, 4) is 16.9 Å². The van der Waals surface area contributed by atoms with E-state index < -0.39 is 24.6 Å². The van der Waals surface area contributed by atoms with Crippen molar-refractivity contribution in [2.75, 3.05) is 0 Å². The molecule has 3 N–H and O–H groups in total. The molecule has 6 heteroatoms. The molecule has 2 unspecified atom stereocenters. The molecule has 2 atom stereocenters. The number of aliphatic carboxylic acids is 1. The van der Waals surface area contributed by atoms with Crippen LogP contribution in [0.25, 0.3) is 17.2 Å². The number of benzene rings is 3. The van der Waals surface area contributed by atoms with Crippen LogP contribution in [0.2, 0.25) is 0 Å². The maximum Gasteiger partial charge on any atom is 0.305 e. The third-order valence-corrected chi connectivity index (χ3v) is 5.62. The van der Waals surface area contributed by atoms with Gasteiger partial charge >= 0.3 is 5.97 Å². The molecule has 0 radical (unpaired) electrons. The number of rotatable bonds is 11. The highest BCUT2D eigenvalue weighted by molar-refractivity contribution is 5.79. The van der Waals surface area contributed by atoms with Gasteiger partial charge in [0.25, 0.3) is 0 Å². The molecule has 0 saturated heterocycles. The van der Waals surface area contributed by atoms with Crippen molar-refractivity contribution < 1.29 is 29.2 Å². The van der Waals surface area contributed by atoms with Crippen molar-refractivity contribution in [3.05, 3.63) is 95.3 Å². The molecule has 0 aliphatic heterocycles. The molecule has 3 rings (SSSR count). The molecule has 3 aromatic rings. The Kier molecular flexibility index (Phi) is 9.18. The second-order valence-electron chi connectivity index (χ2n) is 8.82. The number of ether oxygens (including phenoxy) is 1. The van der Waals surface area contributed by atoms with E-state index >= 15 is 0 Å². The lowest BCUT2D eigenvalue weighted by atomic mass is 9.89. The topological polar surface area (TPSA) is 87.0 Å². The molecular formula is C29H31FO5. The minimum Gasteiger partial charge on any atom is -0.489 e. The zero-order chi connectivity index (χ0) is 25.4. The zero-order valence-electron chi connectivity index (χ0n) is 19.9. The first-order valence-electron chi connectivity index (χ1n) is 11.6. The van der Waals surface area contributed by atoms with E-state index in [1.807, 2.05) is 42.5 Å². The lowest BCUT2D eigenvalue weighted by molar-refractivity contribution is -0.139. The standard InChI is InChI=1S/C29H31FO5/c1-19(2)27-16-25(35-18-20-6-4-3-5-7-20)17-28(21-8-10-22(30)11-9-21)26(27)13-12-23(31)14-24(32)15-29(33)34/h3-13,16-17,19,23-24,31-32H,14-15,18H2,1-2H3,(H,33,34)/b13-12+. The number of carboxylic acids is 1. The third kappa shape index (κ3) is 7.77. The van der Waals surface area contributed by atoms with E-state index in [4.69, 9.17) is 9.84 Å². The van der Waals surface area contributed by atoms with Gasteiger partial charge in [-0.1, -0.05) is 68.5 Å². The molecule has 0 fully saturated rings. The van der Waals surface area contributed by atoms with Crippen LogP contribution >= 0.6 is 0 Å². The highest BCUT2D eigenvalue weighted by Crippen LogP contribution is 2.36. The molecule has 0 aliphatic rings. The van der Waals surface area contributed by atoms with Crippen molar-refractivity contribution in [2.45, 2.75) is 51.4 Å². The van der Waals surface area contributed by atoms with Crippen molar-refractivity contribution in [3.63, 3.8) is 0 Å². The summed E-state index contributed by atoms with van der Waals surface area (Å²) in [5.41, 5.74) is 4.45. The van der Waals surface area contributed by atoms with Crippen molar-refractivity contribution >= 4 is 12.0 Å². The van der Waals surface area contributed by atoms with Gasteiger partial charge in [0, 0.05) is 6.42 Å². The smallest absolute Gasteiger partial charge is 0.305 e. The molecule has 0 saturated carbocycles. The Morgan fingerprint density at radius 3 is 2.34 bits per heavy atom. The first-order chi connectivity index (χ1) is 16.7. The Morgan fingerprint density at radius 1 is 1.03 bits per heavy atom. The minimum absolute atomic E-state index is 0.0933. The monoisotopic (exact) mass is 478 g/mol. The second-order valence-corrected chi connectivity index (χ2v) is 8.82. The van der Waals surface area contributed by atoms with Gasteiger partial charge in [0.1, 0.15) is 18.2 Å². The zero-order valence-corrected chi connectivity index (χ0v) is 19.9. The lowest BCUT2D eigenvalue weighted by Gasteiger charge is -2.19. The van der Waals surface area contributed by atoms with E-state index in [9.17, 15) is 19.4 Å². The van der Waals surface area contributed by atoms with Crippen LogP contribution in [-0.2, 0) is 11.4 Å². The average Bonchev–Trinajstić information content (AvgIpc) is 2.81. The molecule has 184 valence electrons. The molecule has 0 aliphatic carbocycles. The van der Waals surface area contributed by atoms with E-state index in [2.05, 4.69) is 13.8 Å². The Hall–Kier alpha value is -3.48. The van der Waals surface area contributed by atoms with Crippen LogP contribution in [0.1, 0.15) is 49.3 Å². The highest BCUT2D eigenvalue weighted by atomic mass is 19.1. The first-order valence-corrected chi connectivity index (χ1v) is 11.6. The van der Waals surface area contributed by atoms with Crippen LogP contribution in [-0.4, -0.2) is 33.5 Å². The summed E-state index contributed by atoms with van der Waals surface area (Å²) >= 11 is 0. The van der Waals surface area contributed by atoms with Crippen LogP contribution in [0.5, 0.6) is 5.75 Å². The predicted octanol–water partition coefficient (Wildman–Crippen LogP) is 5.79. The largest absolute Gasteiger partial charge is 0.489 e. The lowest BCUT2D eigenvalue weighted by Crippen LogP contribution is -2.19. The van der Waals surface area contributed by atoms with Gasteiger partial charge in [-0.3, -0.25) is 4.79 Å². The second kappa shape index (κ2) is 12.3. The van der Waals surface area contributed by atoms with Crippen molar-refractivity contribution in [1.29, 1.82) is 0 Å². The van der Waals surface area contributed by atoms with Crippen LogP contribution < -0.4 is 4.74 Å². The maximum absolute atomic E-state index is 13.6. The van der Waals surface area contributed by atoms with E-state index in [1.165, 1.54) is 12.1 Å². The Morgan fingerprint density at radius 2 is 1.71 bits per heavy atom. The molecule has 3 aromatic carbocycles. The summed E-state index contributed by atoms with van der Waals surface area (Å²) in [6.07, 6.45) is 0.610. The number of hydrogen-bond donors (Lipinski definition) is 3. The summed E-state index contributed by atoms with van der Waals surface area (Å²) in [5.74, 6) is -0.676. The fourth-order valence-corrected chi connectivity index (χ4v) is 3.85. The van der Waals surface area contributed by atoms with Crippen molar-refractivity contribution in [1.82, 2.24) is 0 Å². The van der Waals surface area contributed by atoms with Gasteiger partial charge in [-0.2, -0.15) is 0 Å². The number of carbonyl (C=O) groups is 1. The van der Waals surface area contributed by atoms with Crippen LogP contribution in [0, 0.1) is 5.82 Å². The number of aliphatic hydroxyl groups excluding tert-OH is 2. The summed E-state index contributed by atoms with van der Waals surface area (Å²) in [7, 11) is 0. The molecule has 0 aromatic heterocycles. The number of hydrogen-bond acceptors (Lipinski definition) is 4. The van der Waals surface area contributed by atoms with Crippen LogP contribution in [0.4, 0.5) is 4.39 Å². The first kappa shape index (κ1) is 26.1. The number of halogens is 1. The van der Waals surface area contributed by atoms with Gasteiger partial charge in [-0.25, -0.2) is 4.39 Å². The Labute approximate surface area is 205 Å². The van der Waals surface area contributed by atoms with Crippen molar-refractivity contribution in [2.24, 2.45) is 0 Å². The summed E-state index contributed by atoms with van der Waals surface area (Å²) in [6.45, 7) is 4.50. The summed E-state index contributed by atoms with van der Waals surface area (Å²) in [6, 6.07) is 19.9. The summed E-state index contributed by atoms with van der Waals surface area (Å²) in [5, 5.41) is 29.1. The molecule has 35 heavy (non-hydrogen) atoms. The fourth-order valence-electron chi connectivity index (χ4n) is 3.85. The molecule has 0 amide bonds. The molecule has 0 bridgehead atoms. The van der Waals surface area contributed by atoms with Gasteiger partial charge in [-0.05, 0) is 58.0 Å². The van der Waals surface area contributed by atoms with E-state index in [1.54, 1.807) is 24.3 Å². The van der Waals surface area contributed by atoms with Crippen LogP contribution in [0.3, 0.4) is 0 Å². The number of carboxylic acid groups (broad SMARTS) is 1. The van der Waals surface area contributed by atoms with Gasteiger partial charge in [0.2, 0.25) is 0 Å². The summed E-state index contributed by atoms with van der Waals surface area (Å²) < 4.78 is 19.7. The number of aliphatic hydroxyl groups is 2. The summed E-state index contributed by atoms with van der Waals surface area (Å²) in [4.78, 5) is 10.8. The molecule has 5 nitrogen and oxygen atoms in total. The maximum atomic E-state index is 13.6. The molecule has 0 spiro atoms. The predicted molar refractivity (Wildman–Crippen MR) is 135 cm³/mol. The average molecular weight is 479 g/mol. The molecule has 0 heterocycles. The fraction of sp³-hybridized carbons (Fsp3) is 0.276. The van der Waals surface area contributed by atoms with E-state index in [0.717, 1.165) is 27.8 Å². The van der Waals surface area contributed by atoms with E-state index in [0.29, 0.717) is 12.4 Å². The quantitative estimate of drug-likeness (QED) is 0.324. The van der Waals surface area contributed by atoms with Gasteiger partial charge < -0.3 is 20.1 Å². The van der Waals surface area contributed by atoms with Gasteiger partial charge in [-0.15, -0.1) is 0 Å². The third-order valence-electron chi connectivity index (χ3n) is 5.62. The Balaban J connectivity index is 1.98. The Bertz CT molecular complexity index is 1140. The molecular weight excluding hydrogens is 447 g/mol. The minimum atomic E-state index is -1.15. The van der Waals surface area contributed by atoms with Gasteiger partial charge in [0.15, 0.2) is 0 Å². The highest BCUT2D eigenvalue weighted by Gasteiger charge is 2.17. The van der Waals surface area contributed by atoms with Crippen LogP contribution in [0.15, 0.2) is 72.8 Å². The normalized spacial score (nSPS) is 13.2. The van der Waals surface area contributed by atoms with E-state index in [-0.39, 0.29) is 18.2 Å². The van der Waals surface area contributed by atoms with Gasteiger partial charge in [0.05, 0.1) is 18.6 Å². The SMILES string of the molecule is CC(C)c1cc(OCc2ccccc2)cc(-c2ccc(F)cc2)c1/C=C/C(O)CC(O)CC(=O)O.